The van der Waals surface area contributed by atoms with Gasteiger partial charge in [-0.2, -0.15) is 0 Å². The number of nitrogens with one attached hydrogen (secondary N) is 1. The molecule has 1 saturated carbocycles. The molecule has 1 amide bonds. The fourth-order valence-electron chi connectivity index (χ4n) is 3.78. The zero-order valence-electron chi connectivity index (χ0n) is 15.4. The molecular weight excluding hydrogens is 312 g/mol. The van der Waals surface area contributed by atoms with Crippen molar-refractivity contribution in [3.8, 4) is 0 Å². The summed E-state index contributed by atoms with van der Waals surface area (Å²) in [7, 11) is 0. The molecule has 1 fully saturated rings. The summed E-state index contributed by atoms with van der Waals surface area (Å²) in [6, 6.07) is 10.5. The summed E-state index contributed by atoms with van der Waals surface area (Å²) in [6.45, 7) is 6.20. The van der Waals surface area contributed by atoms with Crippen LogP contribution in [-0.4, -0.2) is 20.7 Å². The second-order valence-corrected chi connectivity index (χ2v) is 7.75. The number of nitrogens with zero attached hydrogens (tertiary/aromatic N) is 3. The van der Waals surface area contributed by atoms with Crippen molar-refractivity contribution in [2.75, 3.05) is 0 Å². The fourth-order valence-corrected chi connectivity index (χ4v) is 3.78. The quantitative estimate of drug-likeness (QED) is 0.866. The molecular formula is C20H28N4O. The Labute approximate surface area is 149 Å². The molecule has 1 heterocycles. The molecule has 134 valence electrons. The predicted octanol–water partition coefficient (Wildman–Crippen LogP) is 3.94. The number of rotatable bonds is 6. The largest absolute Gasteiger partial charge is 0.346 e. The van der Waals surface area contributed by atoms with Crippen LogP contribution in [-0.2, 0) is 10.2 Å². The van der Waals surface area contributed by atoms with Gasteiger partial charge in [0.05, 0.1) is 6.04 Å². The van der Waals surface area contributed by atoms with Gasteiger partial charge in [-0.3, -0.25) is 4.79 Å². The van der Waals surface area contributed by atoms with Gasteiger partial charge in [0.25, 0.3) is 0 Å². The Hall–Kier alpha value is -2.17. The van der Waals surface area contributed by atoms with Crippen LogP contribution >= 0.6 is 0 Å². The molecule has 0 radical (unpaired) electrons. The van der Waals surface area contributed by atoms with Gasteiger partial charge in [-0.15, -0.1) is 10.2 Å². The molecule has 3 rings (SSSR count). The third-order valence-corrected chi connectivity index (χ3v) is 5.24. The van der Waals surface area contributed by atoms with Gasteiger partial charge in [0.15, 0.2) is 5.82 Å². The minimum atomic E-state index is -0.204. The van der Waals surface area contributed by atoms with E-state index in [0.717, 1.165) is 5.82 Å². The molecule has 0 aliphatic heterocycles. The van der Waals surface area contributed by atoms with E-state index < -0.39 is 0 Å². The first-order valence-corrected chi connectivity index (χ1v) is 9.21. The van der Waals surface area contributed by atoms with Gasteiger partial charge in [0.1, 0.15) is 6.33 Å². The van der Waals surface area contributed by atoms with Gasteiger partial charge in [-0.1, -0.05) is 57.0 Å². The van der Waals surface area contributed by atoms with Gasteiger partial charge in [-0.25, -0.2) is 0 Å². The molecule has 1 unspecified atom stereocenters. The lowest BCUT2D eigenvalue weighted by atomic mass is 9.81. The maximum Gasteiger partial charge on any atom is 0.221 e. The molecule has 1 aromatic heterocycles. The van der Waals surface area contributed by atoms with Crippen molar-refractivity contribution in [1.82, 2.24) is 20.1 Å². The van der Waals surface area contributed by atoms with E-state index in [1.165, 1.54) is 31.2 Å². The maximum atomic E-state index is 12.6. The number of hydrogen-bond donors (Lipinski definition) is 1. The van der Waals surface area contributed by atoms with Gasteiger partial charge in [0.2, 0.25) is 5.91 Å². The summed E-state index contributed by atoms with van der Waals surface area (Å²) < 4.78 is 2.15. The average Bonchev–Trinajstić information content (AvgIpc) is 3.26. The van der Waals surface area contributed by atoms with E-state index in [0.29, 0.717) is 12.5 Å². The lowest BCUT2D eigenvalue weighted by molar-refractivity contribution is -0.122. The van der Waals surface area contributed by atoms with Crippen LogP contribution in [0, 0.1) is 0 Å². The zero-order valence-corrected chi connectivity index (χ0v) is 15.4. The van der Waals surface area contributed by atoms with Crippen LogP contribution in [0.1, 0.15) is 76.3 Å². The molecule has 1 aliphatic rings. The summed E-state index contributed by atoms with van der Waals surface area (Å²) in [5, 5.41) is 11.5. The highest BCUT2D eigenvalue weighted by Crippen LogP contribution is 2.31. The highest BCUT2D eigenvalue weighted by atomic mass is 16.1. The number of carbonyl (C=O) groups is 1. The first-order valence-electron chi connectivity index (χ1n) is 9.21. The van der Waals surface area contributed by atoms with Gasteiger partial charge in [-0.05, 0) is 30.7 Å². The number of benzene rings is 1. The Morgan fingerprint density at radius 1 is 1.28 bits per heavy atom. The third kappa shape index (κ3) is 4.09. The summed E-state index contributed by atoms with van der Waals surface area (Å²) >= 11 is 0. The molecule has 1 aromatic carbocycles. The van der Waals surface area contributed by atoms with Crippen LogP contribution < -0.4 is 5.32 Å². The van der Waals surface area contributed by atoms with E-state index in [-0.39, 0.29) is 17.4 Å². The van der Waals surface area contributed by atoms with E-state index in [1.54, 1.807) is 0 Å². The van der Waals surface area contributed by atoms with Crippen molar-refractivity contribution in [3.63, 3.8) is 0 Å². The number of hydrogen-bond acceptors (Lipinski definition) is 3. The molecule has 0 saturated heterocycles. The number of aromatic nitrogens is 3. The topological polar surface area (TPSA) is 59.8 Å². The smallest absolute Gasteiger partial charge is 0.221 e. The minimum Gasteiger partial charge on any atom is -0.346 e. The van der Waals surface area contributed by atoms with Crippen LogP contribution in [0.5, 0.6) is 0 Å². The van der Waals surface area contributed by atoms with Crippen LogP contribution in [0.4, 0.5) is 0 Å². The summed E-state index contributed by atoms with van der Waals surface area (Å²) in [6.07, 6.45) is 7.11. The first kappa shape index (κ1) is 17.6. The lowest BCUT2D eigenvalue weighted by Gasteiger charge is -2.26. The molecule has 1 aliphatic carbocycles. The Morgan fingerprint density at radius 3 is 2.64 bits per heavy atom. The molecule has 2 aromatic rings. The Balaban J connectivity index is 1.64. The second kappa shape index (κ2) is 7.38. The van der Waals surface area contributed by atoms with Crippen LogP contribution in [0.25, 0.3) is 0 Å². The van der Waals surface area contributed by atoms with Crippen molar-refractivity contribution in [3.05, 3.63) is 48.0 Å². The van der Waals surface area contributed by atoms with Crippen molar-refractivity contribution in [2.24, 2.45) is 0 Å². The van der Waals surface area contributed by atoms with Crippen molar-refractivity contribution >= 4 is 5.91 Å². The lowest BCUT2D eigenvalue weighted by Crippen LogP contribution is -2.34. The van der Waals surface area contributed by atoms with Crippen LogP contribution in [0.2, 0.25) is 0 Å². The van der Waals surface area contributed by atoms with Gasteiger partial charge >= 0.3 is 0 Å². The minimum absolute atomic E-state index is 0.0438. The highest BCUT2D eigenvalue weighted by Gasteiger charge is 2.27. The number of amides is 1. The molecule has 0 bridgehead atoms. The number of carbonyl (C=O) groups excluding carboxylic acids is 1. The monoisotopic (exact) mass is 340 g/mol. The maximum absolute atomic E-state index is 12.6. The van der Waals surface area contributed by atoms with Crippen molar-refractivity contribution < 1.29 is 4.79 Å². The second-order valence-electron chi connectivity index (χ2n) is 7.75. The van der Waals surface area contributed by atoms with Gasteiger partial charge in [0, 0.05) is 12.5 Å². The first-order chi connectivity index (χ1) is 12.0. The van der Waals surface area contributed by atoms with E-state index >= 15 is 0 Å². The molecule has 0 spiro atoms. The Morgan fingerprint density at radius 2 is 1.96 bits per heavy atom. The third-order valence-electron chi connectivity index (χ3n) is 5.24. The van der Waals surface area contributed by atoms with E-state index in [1.807, 2.05) is 31.5 Å². The molecule has 25 heavy (non-hydrogen) atoms. The van der Waals surface area contributed by atoms with E-state index in [9.17, 15) is 4.79 Å². The summed E-state index contributed by atoms with van der Waals surface area (Å²) in [5.41, 5.74) is 0.969. The van der Waals surface area contributed by atoms with E-state index in [4.69, 9.17) is 0 Å². The SMILES string of the molecule is CC(NC(=O)CC(C)(C)c1ccccc1)c1nncn1C1CCCC1. The van der Waals surface area contributed by atoms with Crippen molar-refractivity contribution in [2.45, 2.75) is 70.4 Å². The average molecular weight is 340 g/mol. The van der Waals surface area contributed by atoms with Crippen LogP contribution in [0.3, 0.4) is 0 Å². The normalized spacial score (nSPS) is 16.8. The fraction of sp³-hybridized carbons (Fsp3) is 0.550. The van der Waals surface area contributed by atoms with Crippen molar-refractivity contribution in [1.29, 1.82) is 0 Å². The van der Waals surface area contributed by atoms with Gasteiger partial charge < -0.3 is 9.88 Å². The van der Waals surface area contributed by atoms with E-state index in [2.05, 4.69) is 46.1 Å². The summed E-state index contributed by atoms with van der Waals surface area (Å²) in [5.74, 6) is 0.903. The Kier molecular flexibility index (Phi) is 5.21. The molecule has 1 N–H and O–H groups in total. The molecule has 1 atom stereocenters. The zero-order chi connectivity index (χ0) is 17.9. The Bertz CT molecular complexity index is 701. The predicted molar refractivity (Wildman–Crippen MR) is 98.2 cm³/mol. The molecule has 5 nitrogen and oxygen atoms in total. The van der Waals surface area contributed by atoms with Crippen LogP contribution in [0.15, 0.2) is 36.7 Å². The summed E-state index contributed by atoms with van der Waals surface area (Å²) in [4.78, 5) is 12.6. The standard InChI is InChI=1S/C20H28N4O/c1-15(19-23-21-14-24(19)17-11-7-8-12-17)22-18(25)13-20(2,3)16-9-5-4-6-10-16/h4-6,9-10,14-15,17H,7-8,11-13H2,1-3H3,(H,22,25). The highest BCUT2D eigenvalue weighted by molar-refractivity contribution is 5.77. The molecule has 5 heteroatoms.